The van der Waals surface area contributed by atoms with E-state index < -0.39 is 0 Å². The topological polar surface area (TPSA) is 75.4 Å². The average Bonchev–Trinajstić information content (AvgIpc) is 3.40. The van der Waals surface area contributed by atoms with E-state index in [0.29, 0.717) is 34.2 Å². The number of hydrogen-bond acceptors (Lipinski definition) is 6. The highest BCUT2D eigenvalue weighted by molar-refractivity contribution is 9.10. The van der Waals surface area contributed by atoms with Gasteiger partial charge in [-0.2, -0.15) is 0 Å². The smallest absolute Gasteiger partial charge is 0.257 e. The lowest BCUT2D eigenvalue weighted by Gasteiger charge is -2.20. The van der Waals surface area contributed by atoms with Crippen molar-refractivity contribution in [1.29, 1.82) is 0 Å². The first-order valence-electron chi connectivity index (χ1n) is 9.14. The van der Waals surface area contributed by atoms with Crippen LogP contribution in [0.3, 0.4) is 0 Å². The van der Waals surface area contributed by atoms with Crippen LogP contribution in [0.4, 0.5) is 5.95 Å². The van der Waals surface area contributed by atoms with Gasteiger partial charge in [-0.3, -0.25) is 9.78 Å². The molecule has 1 amide bonds. The Morgan fingerprint density at radius 3 is 2.64 bits per heavy atom. The largest absolute Gasteiger partial charge is 0.452 e. The second kappa shape index (κ2) is 8.10. The van der Waals surface area contributed by atoms with Crippen LogP contribution in [0.1, 0.15) is 29.0 Å². The maximum Gasteiger partial charge on any atom is 0.257 e. The maximum absolute atomic E-state index is 13.1. The van der Waals surface area contributed by atoms with Crippen molar-refractivity contribution in [3.63, 3.8) is 0 Å². The van der Waals surface area contributed by atoms with Crippen LogP contribution < -0.4 is 4.90 Å². The van der Waals surface area contributed by atoms with Crippen LogP contribution >= 0.6 is 15.9 Å². The minimum Gasteiger partial charge on any atom is -0.452 e. The van der Waals surface area contributed by atoms with Gasteiger partial charge < -0.3 is 14.2 Å². The second-order valence-electron chi connectivity index (χ2n) is 6.73. The lowest BCUT2D eigenvalue weighted by Crippen LogP contribution is -2.28. The number of carbonyl (C=O) groups excluding carboxylic acids is 1. The van der Waals surface area contributed by atoms with Crippen molar-refractivity contribution in [3.05, 3.63) is 58.8 Å². The quantitative estimate of drug-likeness (QED) is 0.599. The summed E-state index contributed by atoms with van der Waals surface area (Å²) in [6.45, 7) is 2.24. The first-order chi connectivity index (χ1) is 13.6. The molecule has 4 heterocycles. The number of pyridine rings is 1. The molecule has 1 aliphatic rings. The zero-order valence-electron chi connectivity index (χ0n) is 15.5. The molecule has 1 fully saturated rings. The minimum absolute atomic E-state index is 0.160. The first-order valence-corrected chi connectivity index (χ1v) is 9.93. The Morgan fingerprint density at radius 1 is 1.21 bits per heavy atom. The molecule has 28 heavy (non-hydrogen) atoms. The van der Waals surface area contributed by atoms with Crippen molar-refractivity contribution in [3.8, 4) is 11.3 Å². The van der Waals surface area contributed by atoms with Gasteiger partial charge in [0, 0.05) is 44.3 Å². The number of nitrogens with zero attached hydrogens (tertiary/aromatic N) is 5. The summed E-state index contributed by atoms with van der Waals surface area (Å²) < 4.78 is 6.16. The van der Waals surface area contributed by atoms with E-state index in [1.54, 1.807) is 30.5 Å². The Bertz CT molecular complexity index is 970. The standard InChI is InChI=1S/C20H20BrN5O2/c1-25(13-15-4-5-17(21)28-15)19(27)16-12-23-20(26-10-2-3-11-26)24-18(16)14-6-8-22-9-7-14/h4-9,12H,2-3,10-11,13H2,1H3. The Morgan fingerprint density at radius 2 is 1.96 bits per heavy atom. The molecule has 3 aromatic heterocycles. The first kappa shape index (κ1) is 18.6. The number of hydrogen-bond donors (Lipinski definition) is 0. The van der Waals surface area contributed by atoms with E-state index >= 15 is 0 Å². The van der Waals surface area contributed by atoms with E-state index in [1.165, 1.54) is 0 Å². The Balaban J connectivity index is 1.67. The molecule has 0 unspecified atom stereocenters. The van der Waals surface area contributed by atoms with E-state index in [-0.39, 0.29) is 5.91 Å². The lowest BCUT2D eigenvalue weighted by atomic mass is 10.1. The van der Waals surface area contributed by atoms with Crippen molar-refractivity contribution in [1.82, 2.24) is 19.9 Å². The molecule has 8 heteroatoms. The fourth-order valence-corrected chi connectivity index (χ4v) is 3.62. The van der Waals surface area contributed by atoms with Crippen LogP contribution in [0.25, 0.3) is 11.3 Å². The number of rotatable bonds is 5. The summed E-state index contributed by atoms with van der Waals surface area (Å²) in [7, 11) is 1.74. The predicted molar refractivity (Wildman–Crippen MR) is 109 cm³/mol. The third-order valence-corrected chi connectivity index (χ3v) is 5.14. The highest BCUT2D eigenvalue weighted by Crippen LogP contribution is 2.26. The molecule has 4 rings (SSSR count). The van der Waals surface area contributed by atoms with Crippen molar-refractivity contribution in [2.45, 2.75) is 19.4 Å². The maximum atomic E-state index is 13.1. The van der Waals surface area contributed by atoms with E-state index in [4.69, 9.17) is 9.40 Å². The van der Waals surface area contributed by atoms with Gasteiger partial charge in [0.25, 0.3) is 5.91 Å². The van der Waals surface area contributed by atoms with Crippen molar-refractivity contribution < 1.29 is 9.21 Å². The van der Waals surface area contributed by atoms with Gasteiger partial charge in [-0.1, -0.05) is 0 Å². The zero-order chi connectivity index (χ0) is 19.5. The molecule has 0 aromatic carbocycles. The Labute approximate surface area is 171 Å². The molecule has 0 N–H and O–H groups in total. The molecular formula is C20H20BrN5O2. The number of carbonyl (C=O) groups is 1. The molecule has 7 nitrogen and oxygen atoms in total. The number of halogens is 1. The van der Waals surface area contributed by atoms with Crippen LogP contribution in [0, 0.1) is 0 Å². The van der Waals surface area contributed by atoms with Crippen LogP contribution in [-0.4, -0.2) is 45.9 Å². The summed E-state index contributed by atoms with van der Waals surface area (Å²) in [6, 6.07) is 7.36. The summed E-state index contributed by atoms with van der Waals surface area (Å²) in [5.41, 5.74) is 1.93. The molecule has 1 saturated heterocycles. The molecule has 0 radical (unpaired) electrons. The van der Waals surface area contributed by atoms with Gasteiger partial charge >= 0.3 is 0 Å². The van der Waals surface area contributed by atoms with Crippen molar-refractivity contribution in [2.24, 2.45) is 0 Å². The molecule has 0 atom stereocenters. The molecule has 0 saturated carbocycles. The molecular weight excluding hydrogens is 422 g/mol. The van der Waals surface area contributed by atoms with Gasteiger partial charge in [-0.15, -0.1) is 0 Å². The summed E-state index contributed by atoms with van der Waals surface area (Å²) in [4.78, 5) is 30.2. The third kappa shape index (κ3) is 3.91. The van der Waals surface area contributed by atoms with Gasteiger partial charge in [0.15, 0.2) is 4.67 Å². The predicted octanol–water partition coefficient (Wildman–Crippen LogP) is 3.77. The third-order valence-electron chi connectivity index (χ3n) is 4.72. The highest BCUT2D eigenvalue weighted by atomic mass is 79.9. The molecule has 0 aliphatic carbocycles. The van der Waals surface area contributed by atoms with Crippen molar-refractivity contribution >= 4 is 27.8 Å². The van der Waals surface area contributed by atoms with Crippen LogP contribution in [0.15, 0.2) is 51.9 Å². The number of furan rings is 1. The number of aromatic nitrogens is 3. The minimum atomic E-state index is -0.160. The molecule has 0 bridgehead atoms. The monoisotopic (exact) mass is 441 g/mol. The van der Waals surface area contributed by atoms with Crippen LogP contribution in [0.5, 0.6) is 0 Å². The molecule has 3 aromatic rings. The summed E-state index contributed by atoms with van der Waals surface area (Å²) >= 11 is 3.29. The van der Waals surface area contributed by atoms with Gasteiger partial charge in [0.1, 0.15) is 5.76 Å². The molecule has 1 aliphatic heterocycles. The highest BCUT2D eigenvalue weighted by Gasteiger charge is 2.23. The van der Waals surface area contributed by atoms with Gasteiger partial charge in [-0.05, 0) is 53.0 Å². The number of amides is 1. The zero-order valence-corrected chi connectivity index (χ0v) is 17.1. The van der Waals surface area contributed by atoms with Gasteiger partial charge in [0.05, 0.1) is 17.8 Å². The summed E-state index contributed by atoms with van der Waals surface area (Å²) in [6.07, 6.45) is 7.30. The average molecular weight is 442 g/mol. The fourth-order valence-electron chi connectivity index (χ4n) is 3.28. The van der Waals surface area contributed by atoms with Crippen LogP contribution in [0.2, 0.25) is 0 Å². The normalized spacial score (nSPS) is 13.7. The van der Waals surface area contributed by atoms with Gasteiger partial charge in [0.2, 0.25) is 5.95 Å². The van der Waals surface area contributed by atoms with E-state index in [9.17, 15) is 4.79 Å². The molecule has 144 valence electrons. The van der Waals surface area contributed by atoms with Gasteiger partial charge in [-0.25, -0.2) is 9.97 Å². The Hall–Kier alpha value is -2.74. The lowest BCUT2D eigenvalue weighted by molar-refractivity contribution is 0.0775. The SMILES string of the molecule is CN(Cc1ccc(Br)o1)C(=O)c1cnc(N2CCCC2)nc1-c1ccncc1. The van der Waals surface area contributed by atoms with E-state index in [1.807, 2.05) is 24.3 Å². The van der Waals surface area contributed by atoms with E-state index in [0.717, 1.165) is 31.5 Å². The fraction of sp³-hybridized carbons (Fsp3) is 0.300. The van der Waals surface area contributed by atoms with E-state index in [2.05, 4.69) is 30.8 Å². The Kier molecular flexibility index (Phi) is 5.38. The summed E-state index contributed by atoms with van der Waals surface area (Å²) in [5.74, 6) is 1.20. The number of anilines is 1. The molecule has 0 spiro atoms. The van der Waals surface area contributed by atoms with Crippen LogP contribution in [-0.2, 0) is 6.54 Å². The summed E-state index contributed by atoms with van der Waals surface area (Å²) in [5, 5.41) is 0. The van der Waals surface area contributed by atoms with Crippen molar-refractivity contribution in [2.75, 3.05) is 25.0 Å². The second-order valence-corrected chi connectivity index (χ2v) is 7.51.